The molecule has 2 unspecified atom stereocenters. The third-order valence-corrected chi connectivity index (χ3v) is 10.4. The van der Waals surface area contributed by atoms with E-state index in [-0.39, 0.29) is 25.2 Å². The molecule has 10 heteroatoms. The number of unbranched alkanes of at least 4 members (excludes halogenated alkanes) is 23. The van der Waals surface area contributed by atoms with Gasteiger partial charge in [0.1, 0.15) is 12.6 Å². The average molecular weight is 760 g/mol. The molecule has 0 heterocycles. The van der Waals surface area contributed by atoms with Crippen molar-refractivity contribution >= 4 is 19.6 Å². The second-order valence-electron chi connectivity index (χ2n) is 15.9. The molecule has 0 rings (SSSR count). The number of quaternary nitrogens is 1. The number of nitrogens with zero attached hydrogens (tertiary/aromatic N) is 1. The number of esters is 1. The Kier molecular flexibility index (Phi) is 33.7. The van der Waals surface area contributed by atoms with Gasteiger partial charge < -0.3 is 28.3 Å². The van der Waals surface area contributed by atoms with Gasteiger partial charge in [0, 0.05) is 12.8 Å². The van der Waals surface area contributed by atoms with Crippen LogP contribution < -0.4 is 4.89 Å². The number of Topliss-reactive ketones (excluding diaryl/α,β-unsaturated/α-hetero) is 1. The highest BCUT2D eigenvalue weighted by Crippen LogP contribution is 2.41. The van der Waals surface area contributed by atoms with Gasteiger partial charge in [-0.1, -0.05) is 154 Å². The van der Waals surface area contributed by atoms with Crippen molar-refractivity contribution in [3.8, 4) is 0 Å². The van der Waals surface area contributed by atoms with E-state index in [2.05, 4.69) is 26.0 Å². The SMILES string of the molecule is CCCCCCCC/C=C\CCCCCCCC(=O)O[C@H](CO)COP(=O)([O-])OC(C[N+](C)(C)C)C(=O)CCCCCCCCCCCCCCC. The lowest BCUT2D eigenvalue weighted by atomic mass is 10.0. The number of hydrogen-bond acceptors (Lipinski definition) is 8. The highest BCUT2D eigenvalue weighted by atomic mass is 31.2. The van der Waals surface area contributed by atoms with E-state index in [0.717, 1.165) is 51.4 Å². The van der Waals surface area contributed by atoms with Crippen molar-refractivity contribution < 1.29 is 42.4 Å². The zero-order valence-corrected chi connectivity index (χ0v) is 35.3. The Morgan fingerprint density at radius 1 is 0.654 bits per heavy atom. The lowest BCUT2D eigenvalue weighted by molar-refractivity contribution is -0.872. The molecule has 0 aliphatic heterocycles. The Hall–Kier alpha value is -1.09. The number of ether oxygens (including phenoxy) is 1. The Morgan fingerprint density at radius 2 is 1.06 bits per heavy atom. The first-order valence-corrected chi connectivity index (χ1v) is 22.8. The monoisotopic (exact) mass is 760 g/mol. The van der Waals surface area contributed by atoms with E-state index in [0.29, 0.717) is 17.3 Å². The molecule has 308 valence electrons. The maximum Gasteiger partial charge on any atom is 0.306 e. The maximum atomic E-state index is 13.1. The van der Waals surface area contributed by atoms with E-state index in [9.17, 15) is 24.2 Å². The molecule has 0 aromatic heterocycles. The number of phosphoric acid groups is 1. The summed E-state index contributed by atoms with van der Waals surface area (Å²) in [6, 6.07) is 0. The van der Waals surface area contributed by atoms with E-state index >= 15 is 0 Å². The number of likely N-dealkylation sites (N-methyl/N-ethyl adjacent to an activating group) is 1. The van der Waals surface area contributed by atoms with Crippen LogP contribution in [0.2, 0.25) is 0 Å². The maximum absolute atomic E-state index is 13.1. The molecular formula is C42H82NO8P. The summed E-state index contributed by atoms with van der Waals surface area (Å²) in [5, 5.41) is 9.70. The van der Waals surface area contributed by atoms with Gasteiger partial charge in [-0.05, 0) is 38.5 Å². The van der Waals surface area contributed by atoms with Gasteiger partial charge in [0.15, 0.2) is 11.9 Å². The van der Waals surface area contributed by atoms with Crippen LogP contribution in [-0.4, -0.2) is 74.5 Å². The van der Waals surface area contributed by atoms with Crippen molar-refractivity contribution in [2.75, 3.05) is 40.9 Å². The summed E-state index contributed by atoms with van der Waals surface area (Å²) < 4.78 is 28.7. The van der Waals surface area contributed by atoms with E-state index in [1.807, 2.05) is 21.1 Å². The summed E-state index contributed by atoms with van der Waals surface area (Å²) >= 11 is 0. The first-order valence-electron chi connectivity index (χ1n) is 21.4. The summed E-state index contributed by atoms with van der Waals surface area (Å²) in [7, 11) is 0.679. The lowest BCUT2D eigenvalue weighted by Gasteiger charge is -2.32. The minimum atomic E-state index is -4.91. The summed E-state index contributed by atoms with van der Waals surface area (Å²) in [5.41, 5.74) is 0. The zero-order chi connectivity index (χ0) is 38.8. The number of carbonyl (C=O) groups is 2. The average Bonchev–Trinajstić information content (AvgIpc) is 3.09. The van der Waals surface area contributed by atoms with Crippen LogP contribution >= 0.6 is 7.82 Å². The molecule has 0 bridgehead atoms. The van der Waals surface area contributed by atoms with Gasteiger partial charge in [-0.15, -0.1) is 0 Å². The minimum Gasteiger partial charge on any atom is -0.756 e. The smallest absolute Gasteiger partial charge is 0.306 e. The van der Waals surface area contributed by atoms with E-state index < -0.39 is 39.2 Å². The van der Waals surface area contributed by atoms with Gasteiger partial charge >= 0.3 is 5.97 Å². The fourth-order valence-electron chi connectivity index (χ4n) is 6.24. The van der Waals surface area contributed by atoms with Crippen LogP contribution in [-0.2, 0) is 27.9 Å². The van der Waals surface area contributed by atoms with Crippen LogP contribution in [0.5, 0.6) is 0 Å². The van der Waals surface area contributed by atoms with Crippen molar-refractivity contribution in [1.29, 1.82) is 0 Å². The summed E-state index contributed by atoms with van der Waals surface area (Å²) in [5.74, 6) is -0.765. The quantitative estimate of drug-likeness (QED) is 0.0216. The summed E-state index contributed by atoms with van der Waals surface area (Å²) in [6.45, 7) is 3.50. The third kappa shape index (κ3) is 34.7. The molecule has 9 nitrogen and oxygen atoms in total. The topological polar surface area (TPSA) is 122 Å². The Labute approximate surface area is 320 Å². The number of rotatable bonds is 39. The molecule has 0 saturated heterocycles. The highest BCUT2D eigenvalue weighted by molar-refractivity contribution is 7.45. The molecule has 0 spiro atoms. The lowest BCUT2D eigenvalue weighted by Crippen LogP contribution is -2.45. The van der Waals surface area contributed by atoms with Crippen LogP contribution in [0, 0.1) is 0 Å². The fraction of sp³-hybridized carbons (Fsp3) is 0.905. The number of aliphatic hydroxyl groups is 1. The number of hydrogen-bond donors (Lipinski definition) is 1. The Balaban J connectivity index is 4.29. The van der Waals surface area contributed by atoms with Crippen LogP contribution in [0.3, 0.4) is 0 Å². The number of ketones is 1. The van der Waals surface area contributed by atoms with Crippen LogP contribution in [0.15, 0.2) is 12.2 Å². The molecule has 0 saturated carbocycles. The summed E-state index contributed by atoms with van der Waals surface area (Å²) in [4.78, 5) is 38.1. The van der Waals surface area contributed by atoms with Gasteiger partial charge in [0.2, 0.25) is 0 Å². The number of allylic oxidation sites excluding steroid dienone is 2. The molecule has 0 aromatic carbocycles. The van der Waals surface area contributed by atoms with Gasteiger partial charge in [-0.25, -0.2) is 0 Å². The zero-order valence-electron chi connectivity index (χ0n) is 34.4. The molecule has 0 radical (unpaired) electrons. The molecule has 0 aromatic rings. The first-order chi connectivity index (χ1) is 24.9. The van der Waals surface area contributed by atoms with Crippen molar-refractivity contribution in [3.05, 3.63) is 12.2 Å². The fourth-order valence-corrected chi connectivity index (χ4v) is 7.14. The van der Waals surface area contributed by atoms with Gasteiger partial charge in [-0.2, -0.15) is 0 Å². The van der Waals surface area contributed by atoms with Gasteiger partial charge in [-0.3, -0.25) is 14.2 Å². The van der Waals surface area contributed by atoms with Crippen LogP contribution in [0.25, 0.3) is 0 Å². The molecule has 1 N–H and O–H groups in total. The number of aliphatic hydroxyl groups excluding tert-OH is 1. The molecule has 0 amide bonds. The standard InChI is InChI=1S/C42H82NO8P/c1-6-8-10-12-14-16-18-20-21-23-25-27-29-31-33-35-42(46)50-39(37-44)38-49-52(47,48)51-41(36-43(3,4)5)40(45)34-32-30-28-26-24-22-19-17-15-13-11-9-7-2/h20-21,39,41,44H,6-19,22-38H2,1-5H3/b21-20-/t39-,41?/m1/s1. The second-order valence-corrected chi connectivity index (χ2v) is 17.3. The predicted octanol–water partition coefficient (Wildman–Crippen LogP) is 10.6. The molecular weight excluding hydrogens is 677 g/mol. The van der Waals surface area contributed by atoms with Gasteiger partial charge in [0.25, 0.3) is 7.82 Å². The molecule has 0 fully saturated rings. The van der Waals surface area contributed by atoms with Crippen molar-refractivity contribution in [1.82, 2.24) is 0 Å². The first kappa shape index (κ1) is 50.9. The van der Waals surface area contributed by atoms with E-state index in [4.69, 9.17) is 13.8 Å². The van der Waals surface area contributed by atoms with Crippen LogP contribution in [0.1, 0.15) is 194 Å². The number of phosphoric ester groups is 1. The largest absolute Gasteiger partial charge is 0.756 e. The van der Waals surface area contributed by atoms with E-state index in [1.165, 1.54) is 103 Å². The normalized spacial score (nSPS) is 14.4. The molecule has 0 aliphatic rings. The Morgan fingerprint density at radius 3 is 1.48 bits per heavy atom. The molecule has 0 aliphatic carbocycles. The highest BCUT2D eigenvalue weighted by Gasteiger charge is 2.30. The minimum absolute atomic E-state index is 0.168. The Bertz CT molecular complexity index is 922. The summed E-state index contributed by atoms with van der Waals surface area (Å²) in [6.07, 6.45) is 33.4. The predicted molar refractivity (Wildman–Crippen MR) is 213 cm³/mol. The van der Waals surface area contributed by atoms with Crippen molar-refractivity contribution in [2.45, 2.75) is 206 Å². The van der Waals surface area contributed by atoms with E-state index in [1.54, 1.807) is 0 Å². The van der Waals surface area contributed by atoms with Gasteiger partial charge in [0.05, 0.1) is 34.4 Å². The molecule has 3 atom stereocenters. The second kappa shape index (κ2) is 34.4. The van der Waals surface area contributed by atoms with Crippen LogP contribution in [0.4, 0.5) is 0 Å². The van der Waals surface area contributed by atoms with Crippen molar-refractivity contribution in [2.24, 2.45) is 0 Å². The van der Waals surface area contributed by atoms with Crippen molar-refractivity contribution in [3.63, 3.8) is 0 Å². The number of carbonyl (C=O) groups excluding carboxylic acids is 2. The molecule has 52 heavy (non-hydrogen) atoms. The third-order valence-electron chi connectivity index (χ3n) is 9.42.